The average molecular weight is 477 g/mol. The Morgan fingerprint density at radius 1 is 0.771 bits per heavy atom. The van der Waals surface area contributed by atoms with E-state index in [4.69, 9.17) is 24.5 Å². The van der Waals surface area contributed by atoms with Crippen LogP contribution in [0.25, 0.3) is 0 Å². The molecule has 3 aromatic rings. The standard InChI is InChI=1S/C26H30N2O.C2H2O4/c1-3-7-23(8-4-1)20-28-17-15-25(16-18-28)27-19-22-11-13-26(14-12-22)29-21-24-9-5-2-6-10-24;3-1(4)2(5)6/h1-14,25,27H,15-21H2;(H,3,4)(H,5,6). The second-order valence-electron chi connectivity index (χ2n) is 8.45. The van der Waals surface area contributed by atoms with Crippen molar-refractivity contribution >= 4 is 11.9 Å². The van der Waals surface area contributed by atoms with Crippen molar-refractivity contribution in [2.24, 2.45) is 0 Å². The molecule has 3 aromatic carbocycles. The normalized spacial score (nSPS) is 13.9. The Labute approximate surface area is 206 Å². The maximum absolute atomic E-state index is 9.10. The lowest BCUT2D eigenvalue weighted by Crippen LogP contribution is -2.41. The van der Waals surface area contributed by atoms with Gasteiger partial charge in [0.25, 0.3) is 0 Å². The summed E-state index contributed by atoms with van der Waals surface area (Å²) in [7, 11) is 0. The Kier molecular flexibility index (Phi) is 10.3. The van der Waals surface area contributed by atoms with Crippen LogP contribution in [0, 0.1) is 0 Å². The van der Waals surface area contributed by atoms with Gasteiger partial charge in [0.05, 0.1) is 0 Å². The number of carbonyl (C=O) groups is 2. The number of rotatable bonds is 8. The number of benzene rings is 3. The number of nitrogens with one attached hydrogen (secondary N) is 1. The van der Waals surface area contributed by atoms with Gasteiger partial charge in [-0.15, -0.1) is 0 Å². The number of carboxylic acids is 2. The van der Waals surface area contributed by atoms with E-state index in [0.29, 0.717) is 12.6 Å². The topological polar surface area (TPSA) is 99.1 Å². The van der Waals surface area contributed by atoms with Crippen molar-refractivity contribution in [2.75, 3.05) is 13.1 Å². The number of ether oxygens (including phenoxy) is 1. The molecule has 0 atom stereocenters. The number of carboxylic acid groups (broad SMARTS) is 2. The fourth-order valence-corrected chi connectivity index (χ4v) is 3.84. The van der Waals surface area contributed by atoms with E-state index in [1.165, 1.54) is 42.6 Å². The van der Waals surface area contributed by atoms with E-state index >= 15 is 0 Å². The van der Waals surface area contributed by atoms with E-state index in [1.54, 1.807) is 0 Å². The fourth-order valence-electron chi connectivity index (χ4n) is 3.84. The van der Waals surface area contributed by atoms with Crippen LogP contribution in [0.15, 0.2) is 84.9 Å². The maximum atomic E-state index is 9.10. The smallest absolute Gasteiger partial charge is 0.414 e. The molecule has 1 aliphatic heterocycles. The molecule has 0 saturated carbocycles. The molecule has 0 aromatic heterocycles. The van der Waals surface area contributed by atoms with Crippen LogP contribution in [0.2, 0.25) is 0 Å². The molecule has 1 fully saturated rings. The first-order chi connectivity index (χ1) is 17.0. The Bertz CT molecular complexity index is 1020. The molecule has 1 heterocycles. The van der Waals surface area contributed by atoms with E-state index in [0.717, 1.165) is 18.8 Å². The predicted molar refractivity (Wildman–Crippen MR) is 134 cm³/mol. The van der Waals surface area contributed by atoms with Crippen molar-refractivity contribution in [3.8, 4) is 5.75 Å². The lowest BCUT2D eigenvalue weighted by atomic mass is 10.0. The van der Waals surface area contributed by atoms with Crippen molar-refractivity contribution in [1.82, 2.24) is 10.2 Å². The average Bonchev–Trinajstić information content (AvgIpc) is 2.89. The highest BCUT2D eigenvalue weighted by atomic mass is 16.5. The summed E-state index contributed by atoms with van der Waals surface area (Å²) in [5, 5.41) is 18.5. The molecule has 7 nitrogen and oxygen atoms in total. The summed E-state index contributed by atoms with van der Waals surface area (Å²) >= 11 is 0. The van der Waals surface area contributed by atoms with Gasteiger partial charge in [0.2, 0.25) is 0 Å². The van der Waals surface area contributed by atoms with Gasteiger partial charge in [0, 0.05) is 19.1 Å². The number of hydrogen-bond donors (Lipinski definition) is 3. The van der Waals surface area contributed by atoms with E-state index in [9.17, 15) is 0 Å². The summed E-state index contributed by atoms with van der Waals surface area (Å²) in [5.41, 5.74) is 3.91. The van der Waals surface area contributed by atoms with E-state index in [1.807, 2.05) is 18.2 Å². The molecule has 0 radical (unpaired) electrons. The predicted octanol–water partition coefficient (Wildman–Crippen LogP) is 4.18. The molecule has 0 aliphatic carbocycles. The molecule has 3 N–H and O–H groups in total. The monoisotopic (exact) mass is 476 g/mol. The number of piperidine rings is 1. The quantitative estimate of drug-likeness (QED) is 0.420. The summed E-state index contributed by atoms with van der Waals surface area (Å²) in [5.74, 6) is -2.73. The molecule has 1 aliphatic rings. The molecule has 0 amide bonds. The summed E-state index contributed by atoms with van der Waals surface area (Å²) < 4.78 is 5.88. The Balaban J connectivity index is 0.000000509. The SMILES string of the molecule is O=C(O)C(=O)O.c1ccc(COc2ccc(CNC3CCN(Cc4ccccc4)CC3)cc2)cc1. The van der Waals surface area contributed by atoms with Crippen LogP contribution in [-0.4, -0.2) is 46.2 Å². The molecule has 4 rings (SSSR count). The second-order valence-corrected chi connectivity index (χ2v) is 8.45. The Morgan fingerprint density at radius 2 is 1.31 bits per heavy atom. The maximum Gasteiger partial charge on any atom is 0.414 e. The highest BCUT2D eigenvalue weighted by molar-refractivity contribution is 6.27. The van der Waals surface area contributed by atoms with Gasteiger partial charge in [0.1, 0.15) is 12.4 Å². The summed E-state index contributed by atoms with van der Waals surface area (Å²) in [4.78, 5) is 20.8. The minimum Gasteiger partial charge on any atom is -0.489 e. The highest BCUT2D eigenvalue weighted by Crippen LogP contribution is 2.17. The number of nitrogens with zero attached hydrogens (tertiary/aromatic N) is 1. The van der Waals surface area contributed by atoms with Crippen LogP contribution in [0.5, 0.6) is 5.75 Å². The van der Waals surface area contributed by atoms with Gasteiger partial charge in [-0.25, -0.2) is 9.59 Å². The summed E-state index contributed by atoms with van der Waals surface area (Å²) in [6.07, 6.45) is 2.43. The van der Waals surface area contributed by atoms with E-state index < -0.39 is 11.9 Å². The van der Waals surface area contributed by atoms with Gasteiger partial charge in [-0.2, -0.15) is 0 Å². The van der Waals surface area contributed by atoms with Crippen molar-refractivity contribution in [3.05, 3.63) is 102 Å². The lowest BCUT2D eigenvalue weighted by Gasteiger charge is -2.32. The van der Waals surface area contributed by atoms with Crippen LogP contribution in [-0.2, 0) is 29.3 Å². The minimum absolute atomic E-state index is 0.607. The molecule has 35 heavy (non-hydrogen) atoms. The van der Waals surface area contributed by atoms with Gasteiger partial charge in [-0.3, -0.25) is 4.90 Å². The molecule has 1 saturated heterocycles. The molecular formula is C28H32N2O5. The largest absolute Gasteiger partial charge is 0.489 e. The third kappa shape index (κ3) is 9.60. The third-order valence-electron chi connectivity index (χ3n) is 5.79. The van der Waals surface area contributed by atoms with Crippen molar-refractivity contribution in [1.29, 1.82) is 0 Å². The third-order valence-corrected chi connectivity index (χ3v) is 5.79. The van der Waals surface area contributed by atoms with Gasteiger partial charge >= 0.3 is 11.9 Å². The molecule has 0 unspecified atom stereocenters. The molecule has 7 heteroatoms. The van der Waals surface area contributed by atoms with Gasteiger partial charge < -0.3 is 20.3 Å². The first-order valence-electron chi connectivity index (χ1n) is 11.7. The highest BCUT2D eigenvalue weighted by Gasteiger charge is 2.18. The first-order valence-corrected chi connectivity index (χ1v) is 11.7. The number of hydrogen-bond acceptors (Lipinski definition) is 5. The first kappa shape index (κ1) is 25.9. The van der Waals surface area contributed by atoms with Crippen molar-refractivity contribution in [3.63, 3.8) is 0 Å². The van der Waals surface area contributed by atoms with Crippen LogP contribution >= 0.6 is 0 Å². The molecule has 0 spiro atoms. The van der Waals surface area contributed by atoms with Gasteiger partial charge in [0.15, 0.2) is 0 Å². The van der Waals surface area contributed by atoms with E-state index in [2.05, 4.69) is 76.9 Å². The Hall–Kier alpha value is -3.68. The molecular weight excluding hydrogens is 444 g/mol. The van der Waals surface area contributed by atoms with E-state index in [-0.39, 0.29) is 0 Å². The fraction of sp³-hybridized carbons (Fsp3) is 0.286. The molecule has 0 bridgehead atoms. The zero-order chi connectivity index (χ0) is 24.9. The zero-order valence-corrected chi connectivity index (χ0v) is 19.7. The Morgan fingerprint density at radius 3 is 1.86 bits per heavy atom. The van der Waals surface area contributed by atoms with Crippen LogP contribution in [0.4, 0.5) is 0 Å². The van der Waals surface area contributed by atoms with Crippen LogP contribution in [0.1, 0.15) is 29.5 Å². The summed E-state index contributed by atoms with van der Waals surface area (Å²) in [6.45, 7) is 4.93. The van der Waals surface area contributed by atoms with Crippen LogP contribution in [0.3, 0.4) is 0 Å². The van der Waals surface area contributed by atoms with Crippen molar-refractivity contribution < 1.29 is 24.5 Å². The van der Waals surface area contributed by atoms with Gasteiger partial charge in [-0.05, 0) is 54.8 Å². The number of likely N-dealkylation sites (tertiary alicyclic amines) is 1. The zero-order valence-electron chi connectivity index (χ0n) is 19.7. The number of aliphatic carboxylic acids is 2. The molecule has 184 valence electrons. The van der Waals surface area contributed by atoms with Gasteiger partial charge in [-0.1, -0.05) is 72.8 Å². The minimum atomic E-state index is -1.82. The summed E-state index contributed by atoms with van der Waals surface area (Å²) in [6, 6.07) is 30.1. The van der Waals surface area contributed by atoms with Crippen molar-refractivity contribution in [2.45, 2.75) is 38.6 Å². The second kappa shape index (κ2) is 13.9. The lowest BCUT2D eigenvalue weighted by molar-refractivity contribution is -0.159. The van der Waals surface area contributed by atoms with Crippen LogP contribution < -0.4 is 10.1 Å².